The molecule has 0 saturated carbocycles. The highest BCUT2D eigenvalue weighted by Crippen LogP contribution is 2.15. The third-order valence-corrected chi connectivity index (χ3v) is 2.17. The summed E-state index contributed by atoms with van der Waals surface area (Å²) >= 11 is 0. The van der Waals surface area contributed by atoms with Gasteiger partial charge in [0.15, 0.2) is 0 Å². The van der Waals surface area contributed by atoms with Crippen LogP contribution in [0.5, 0.6) is 0 Å². The van der Waals surface area contributed by atoms with Gasteiger partial charge < -0.3 is 16.2 Å². The van der Waals surface area contributed by atoms with Crippen LogP contribution in [0.15, 0.2) is 18.2 Å². The number of aryl methyl sites for hydroxylation is 2. The topological polar surface area (TPSA) is 75.3 Å². The van der Waals surface area contributed by atoms with E-state index in [1.165, 1.54) is 0 Å². The molecule has 0 bridgehead atoms. The van der Waals surface area contributed by atoms with Crippen molar-refractivity contribution < 1.29 is 9.90 Å². The number of hydrogen-bond donors (Lipinski definition) is 3. The van der Waals surface area contributed by atoms with Gasteiger partial charge in [-0.3, -0.25) is 4.79 Å². The molecule has 15 heavy (non-hydrogen) atoms. The summed E-state index contributed by atoms with van der Waals surface area (Å²) in [4.78, 5) is 11.3. The lowest BCUT2D eigenvalue weighted by molar-refractivity contribution is -0.123. The Morgan fingerprint density at radius 2 is 2.20 bits per heavy atom. The van der Waals surface area contributed by atoms with Crippen LogP contribution in [0.2, 0.25) is 0 Å². The predicted molar refractivity (Wildman–Crippen MR) is 59.6 cm³/mol. The molecule has 1 amide bonds. The lowest BCUT2D eigenvalue weighted by atomic mass is 10.1. The molecule has 0 fully saturated rings. The van der Waals surface area contributed by atoms with Gasteiger partial charge in [-0.05, 0) is 25.5 Å². The number of carbonyl (C=O) groups is 1. The molecule has 0 aromatic heterocycles. The Morgan fingerprint density at radius 3 is 2.73 bits per heavy atom. The zero-order chi connectivity index (χ0) is 11.4. The summed E-state index contributed by atoms with van der Waals surface area (Å²) in [5, 5.41) is 11.8. The van der Waals surface area contributed by atoms with Gasteiger partial charge in [-0.2, -0.15) is 0 Å². The lowest BCUT2D eigenvalue weighted by Crippen LogP contribution is -2.34. The van der Waals surface area contributed by atoms with Gasteiger partial charge in [0, 0.05) is 12.2 Å². The SMILES string of the molecule is Cc1ccc(NC(=O)C(O)CN)c(C)c1. The van der Waals surface area contributed by atoms with E-state index in [0.29, 0.717) is 5.69 Å². The Kier molecular flexibility index (Phi) is 3.82. The first kappa shape index (κ1) is 11.7. The van der Waals surface area contributed by atoms with E-state index < -0.39 is 12.0 Å². The Morgan fingerprint density at radius 1 is 1.53 bits per heavy atom. The number of amides is 1. The van der Waals surface area contributed by atoms with Crippen LogP contribution in [-0.4, -0.2) is 23.7 Å². The molecular formula is C11H16N2O2. The number of benzene rings is 1. The van der Waals surface area contributed by atoms with E-state index >= 15 is 0 Å². The maximum absolute atomic E-state index is 11.3. The molecule has 1 aromatic carbocycles. The Bertz CT molecular complexity index is 364. The minimum Gasteiger partial charge on any atom is -0.382 e. The molecule has 1 aromatic rings. The highest BCUT2D eigenvalue weighted by molar-refractivity contribution is 5.94. The standard InChI is InChI=1S/C11H16N2O2/c1-7-3-4-9(8(2)5-7)13-11(15)10(14)6-12/h3-5,10,14H,6,12H2,1-2H3,(H,13,15). The molecule has 0 heterocycles. The summed E-state index contributed by atoms with van der Waals surface area (Å²) in [5.41, 5.74) is 7.98. The fourth-order valence-corrected chi connectivity index (χ4v) is 1.28. The van der Waals surface area contributed by atoms with Gasteiger partial charge in [0.25, 0.3) is 5.91 Å². The fraction of sp³-hybridized carbons (Fsp3) is 0.364. The highest BCUT2D eigenvalue weighted by Gasteiger charge is 2.13. The molecular weight excluding hydrogens is 192 g/mol. The Hall–Kier alpha value is -1.39. The molecule has 0 saturated heterocycles. The monoisotopic (exact) mass is 208 g/mol. The molecule has 0 aliphatic rings. The summed E-state index contributed by atoms with van der Waals surface area (Å²) in [6, 6.07) is 5.67. The summed E-state index contributed by atoms with van der Waals surface area (Å²) in [6.07, 6.45) is -1.15. The third-order valence-electron chi connectivity index (χ3n) is 2.17. The lowest BCUT2D eigenvalue weighted by Gasteiger charge is -2.11. The zero-order valence-corrected chi connectivity index (χ0v) is 8.95. The molecule has 4 heteroatoms. The second-order valence-corrected chi connectivity index (χ2v) is 3.56. The molecule has 4 nitrogen and oxygen atoms in total. The van der Waals surface area contributed by atoms with E-state index in [0.717, 1.165) is 11.1 Å². The Labute approximate surface area is 89.1 Å². The molecule has 4 N–H and O–H groups in total. The van der Waals surface area contributed by atoms with Crippen molar-refractivity contribution in [2.75, 3.05) is 11.9 Å². The van der Waals surface area contributed by atoms with Crippen LogP contribution in [-0.2, 0) is 4.79 Å². The second-order valence-electron chi connectivity index (χ2n) is 3.56. The minimum atomic E-state index is -1.15. The number of nitrogens with two attached hydrogens (primary N) is 1. The summed E-state index contributed by atoms with van der Waals surface area (Å²) in [6.45, 7) is 3.81. The molecule has 0 radical (unpaired) electrons. The van der Waals surface area contributed by atoms with Crippen molar-refractivity contribution in [3.63, 3.8) is 0 Å². The van der Waals surface area contributed by atoms with Gasteiger partial charge in [0.1, 0.15) is 6.10 Å². The average molecular weight is 208 g/mol. The van der Waals surface area contributed by atoms with Crippen molar-refractivity contribution in [1.82, 2.24) is 0 Å². The third kappa shape index (κ3) is 3.04. The van der Waals surface area contributed by atoms with Gasteiger partial charge in [-0.1, -0.05) is 17.7 Å². The molecule has 82 valence electrons. The van der Waals surface area contributed by atoms with E-state index in [1.807, 2.05) is 32.0 Å². The number of nitrogens with one attached hydrogen (secondary N) is 1. The highest BCUT2D eigenvalue weighted by atomic mass is 16.3. The number of anilines is 1. The van der Waals surface area contributed by atoms with Crippen molar-refractivity contribution in [2.24, 2.45) is 5.73 Å². The predicted octanol–water partition coefficient (Wildman–Crippen LogP) is 0.562. The van der Waals surface area contributed by atoms with Crippen molar-refractivity contribution in [2.45, 2.75) is 20.0 Å². The molecule has 0 aliphatic carbocycles. The van der Waals surface area contributed by atoms with Gasteiger partial charge in [-0.25, -0.2) is 0 Å². The molecule has 0 aliphatic heterocycles. The van der Waals surface area contributed by atoms with E-state index in [1.54, 1.807) is 0 Å². The molecule has 1 rings (SSSR count). The second kappa shape index (κ2) is 4.91. The van der Waals surface area contributed by atoms with E-state index in [-0.39, 0.29) is 6.54 Å². The maximum atomic E-state index is 11.3. The van der Waals surface area contributed by atoms with Crippen LogP contribution in [0.4, 0.5) is 5.69 Å². The maximum Gasteiger partial charge on any atom is 0.254 e. The fourth-order valence-electron chi connectivity index (χ4n) is 1.28. The first-order valence-electron chi connectivity index (χ1n) is 4.81. The van der Waals surface area contributed by atoms with Crippen LogP contribution in [0.1, 0.15) is 11.1 Å². The smallest absolute Gasteiger partial charge is 0.254 e. The van der Waals surface area contributed by atoms with Crippen LogP contribution < -0.4 is 11.1 Å². The Balaban J connectivity index is 2.77. The van der Waals surface area contributed by atoms with Crippen LogP contribution in [0.3, 0.4) is 0 Å². The first-order chi connectivity index (χ1) is 7.04. The molecule has 1 atom stereocenters. The number of aliphatic hydroxyl groups is 1. The van der Waals surface area contributed by atoms with E-state index in [2.05, 4.69) is 5.32 Å². The summed E-state index contributed by atoms with van der Waals surface area (Å²) in [5.74, 6) is -0.468. The van der Waals surface area contributed by atoms with Crippen molar-refractivity contribution >= 4 is 11.6 Å². The van der Waals surface area contributed by atoms with Crippen molar-refractivity contribution in [1.29, 1.82) is 0 Å². The van der Waals surface area contributed by atoms with Crippen LogP contribution in [0, 0.1) is 13.8 Å². The van der Waals surface area contributed by atoms with E-state index in [9.17, 15) is 9.90 Å². The number of hydrogen-bond acceptors (Lipinski definition) is 3. The van der Waals surface area contributed by atoms with Gasteiger partial charge in [0.2, 0.25) is 0 Å². The van der Waals surface area contributed by atoms with E-state index in [4.69, 9.17) is 5.73 Å². The quantitative estimate of drug-likeness (QED) is 0.679. The zero-order valence-electron chi connectivity index (χ0n) is 8.95. The molecule has 1 unspecified atom stereocenters. The van der Waals surface area contributed by atoms with Gasteiger partial charge in [-0.15, -0.1) is 0 Å². The van der Waals surface area contributed by atoms with Crippen LogP contribution in [0.25, 0.3) is 0 Å². The number of carbonyl (C=O) groups excluding carboxylic acids is 1. The van der Waals surface area contributed by atoms with Crippen molar-refractivity contribution in [3.05, 3.63) is 29.3 Å². The van der Waals surface area contributed by atoms with Crippen LogP contribution >= 0.6 is 0 Å². The number of aliphatic hydroxyl groups excluding tert-OH is 1. The average Bonchev–Trinajstić information content (AvgIpc) is 2.20. The van der Waals surface area contributed by atoms with Crippen molar-refractivity contribution in [3.8, 4) is 0 Å². The van der Waals surface area contributed by atoms with Gasteiger partial charge >= 0.3 is 0 Å². The largest absolute Gasteiger partial charge is 0.382 e. The van der Waals surface area contributed by atoms with Gasteiger partial charge in [0.05, 0.1) is 0 Å². The number of rotatable bonds is 3. The summed E-state index contributed by atoms with van der Waals surface area (Å²) < 4.78 is 0. The normalized spacial score (nSPS) is 12.3. The minimum absolute atomic E-state index is 0.0727. The molecule has 0 spiro atoms. The first-order valence-corrected chi connectivity index (χ1v) is 4.81. The summed E-state index contributed by atoms with van der Waals surface area (Å²) in [7, 11) is 0.